The van der Waals surface area contributed by atoms with Crippen LogP contribution in [0.5, 0.6) is 0 Å². The van der Waals surface area contributed by atoms with Gasteiger partial charge in [-0.3, -0.25) is 0 Å². The molecular formula is C22H41N3+2. The molecule has 0 saturated heterocycles. The maximum atomic E-state index is 2.69. The molecule has 0 spiro atoms. The Hall–Kier alpha value is -1.12. The second-order valence-electron chi connectivity index (χ2n) is 10.1. The molecule has 2 rings (SSSR count). The molecule has 0 radical (unpaired) electrons. The van der Waals surface area contributed by atoms with Crippen molar-refractivity contribution in [2.75, 3.05) is 0 Å². The average molecular weight is 348 g/mol. The summed E-state index contributed by atoms with van der Waals surface area (Å²) in [6.07, 6.45) is 1.19. The normalized spacial score (nSPS) is 19.8. The van der Waals surface area contributed by atoms with Crippen LogP contribution in [0.3, 0.4) is 0 Å². The monoisotopic (exact) mass is 347 g/mol. The smallest absolute Gasteiger partial charge is 0.220 e. The van der Waals surface area contributed by atoms with Gasteiger partial charge in [0.2, 0.25) is 0 Å². The maximum absolute atomic E-state index is 2.69. The lowest BCUT2D eigenvalue weighted by Crippen LogP contribution is -2.49. The quantitative estimate of drug-likeness (QED) is 0.681. The van der Waals surface area contributed by atoms with Gasteiger partial charge in [-0.15, -0.1) is 0 Å². The Kier molecular flexibility index (Phi) is 5.04. The minimum absolute atomic E-state index is 0.161. The third kappa shape index (κ3) is 3.08. The highest BCUT2D eigenvalue weighted by atomic mass is 15.3. The topological polar surface area (TPSA) is 11.8 Å². The Labute approximate surface area is 155 Å². The Balaban J connectivity index is 3.01. The second-order valence-corrected chi connectivity index (χ2v) is 10.1. The standard InChI is InChI=1S/C22H41N3/c1-14(2)23-17(7)18(8)24(15(3)4)20(23)19-21(9,10)13-22(11,12)25(19)16(5)6/h14-16H,13H2,1-12H3/q+2. The molecule has 0 aliphatic carbocycles. The molecule has 0 amide bonds. The van der Waals surface area contributed by atoms with Gasteiger partial charge in [0.25, 0.3) is 5.71 Å². The van der Waals surface area contributed by atoms with Crippen LogP contribution in [-0.2, 0) is 0 Å². The van der Waals surface area contributed by atoms with E-state index in [-0.39, 0.29) is 11.0 Å². The Morgan fingerprint density at radius 3 is 1.80 bits per heavy atom. The van der Waals surface area contributed by atoms with Crippen LogP contribution in [0.25, 0.3) is 0 Å². The van der Waals surface area contributed by atoms with Crippen molar-refractivity contribution >= 4 is 5.71 Å². The molecule has 25 heavy (non-hydrogen) atoms. The fourth-order valence-electron chi connectivity index (χ4n) is 5.52. The van der Waals surface area contributed by atoms with Gasteiger partial charge in [-0.1, -0.05) is 0 Å². The average Bonchev–Trinajstić information content (AvgIpc) is 2.76. The van der Waals surface area contributed by atoms with E-state index in [1.54, 1.807) is 0 Å². The number of aromatic nitrogens is 2. The second kappa shape index (κ2) is 6.25. The molecule has 1 aliphatic rings. The zero-order valence-electron chi connectivity index (χ0n) is 18.8. The van der Waals surface area contributed by atoms with Gasteiger partial charge in [0.05, 0.1) is 17.5 Å². The van der Waals surface area contributed by atoms with Crippen LogP contribution in [0, 0.1) is 19.3 Å². The molecule has 0 atom stereocenters. The van der Waals surface area contributed by atoms with Crippen molar-refractivity contribution in [3.05, 3.63) is 17.2 Å². The van der Waals surface area contributed by atoms with Gasteiger partial charge in [-0.05, 0) is 69.2 Å². The first kappa shape index (κ1) is 20.2. The zero-order chi connectivity index (χ0) is 19.5. The van der Waals surface area contributed by atoms with Gasteiger partial charge in [0, 0.05) is 20.3 Å². The summed E-state index contributed by atoms with van der Waals surface area (Å²) in [5, 5.41) is 0. The van der Waals surface area contributed by atoms with E-state index in [1.807, 2.05) is 0 Å². The van der Waals surface area contributed by atoms with Crippen LogP contribution in [0.15, 0.2) is 0 Å². The van der Waals surface area contributed by atoms with Crippen LogP contribution in [0.2, 0.25) is 0 Å². The lowest BCUT2D eigenvalue weighted by Gasteiger charge is -2.20. The SMILES string of the molecule is Cc1c(C)[n+](C(C)C)c(C2=[N+](C(C)C)C(C)(C)CC2(C)C)n1C(C)C. The maximum Gasteiger partial charge on any atom is 0.351 e. The zero-order valence-corrected chi connectivity index (χ0v) is 18.8. The third-order valence-electron chi connectivity index (χ3n) is 5.87. The fourth-order valence-corrected chi connectivity index (χ4v) is 5.52. The van der Waals surface area contributed by atoms with Crippen LogP contribution >= 0.6 is 0 Å². The predicted molar refractivity (Wildman–Crippen MR) is 107 cm³/mol. The van der Waals surface area contributed by atoms with Crippen LogP contribution in [0.4, 0.5) is 0 Å². The Morgan fingerprint density at radius 1 is 0.880 bits per heavy atom. The number of imidazole rings is 1. The molecule has 0 fully saturated rings. The first-order valence-electron chi connectivity index (χ1n) is 10.0. The lowest BCUT2D eigenvalue weighted by atomic mass is 9.80. The summed E-state index contributed by atoms with van der Waals surface area (Å²) in [5.41, 5.74) is 4.65. The van der Waals surface area contributed by atoms with Gasteiger partial charge in [0.1, 0.15) is 17.4 Å². The van der Waals surface area contributed by atoms with Gasteiger partial charge in [0.15, 0.2) is 5.54 Å². The minimum Gasteiger partial charge on any atom is -0.220 e. The Bertz CT molecular complexity index is 666. The molecule has 3 heteroatoms. The van der Waals surface area contributed by atoms with Crippen LogP contribution in [0.1, 0.15) is 105 Å². The van der Waals surface area contributed by atoms with E-state index < -0.39 is 0 Å². The van der Waals surface area contributed by atoms with Crippen molar-refractivity contribution in [2.24, 2.45) is 5.41 Å². The highest BCUT2D eigenvalue weighted by molar-refractivity contribution is 5.98. The summed E-state index contributed by atoms with van der Waals surface area (Å²) < 4.78 is 7.84. The molecule has 3 nitrogen and oxygen atoms in total. The summed E-state index contributed by atoms with van der Waals surface area (Å²) in [4.78, 5) is 0. The lowest BCUT2D eigenvalue weighted by molar-refractivity contribution is -0.726. The molecule has 0 bridgehead atoms. The van der Waals surface area contributed by atoms with Crippen molar-refractivity contribution in [1.29, 1.82) is 0 Å². The van der Waals surface area contributed by atoms with Crippen molar-refractivity contribution in [1.82, 2.24) is 4.57 Å². The molecule has 142 valence electrons. The molecule has 0 aromatic carbocycles. The highest BCUT2D eigenvalue weighted by Gasteiger charge is 2.57. The molecule has 1 aromatic heterocycles. The highest BCUT2D eigenvalue weighted by Crippen LogP contribution is 2.42. The predicted octanol–water partition coefficient (Wildman–Crippen LogP) is 4.97. The summed E-state index contributed by atoms with van der Waals surface area (Å²) in [6, 6.07) is 1.40. The van der Waals surface area contributed by atoms with E-state index in [2.05, 4.69) is 96.8 Å². The van der Waals surface area contributed by atoms with E-state index >= 15 is 0 Å². The van der Waals surface area contributed by atoms with Crippen molar-refractivity contribution in [3.8, 4) is 0 Å². The molecule has 2 heterocycles. The molecule has 0 unspecified atom stereocenters. The van der Waals surface area contributed by atoms with E-state index in [9.17, 15) is 0 Å². The van der Waals surface area contributed by atoms with E-state index in [0.29, 0.717) is 18.1 Å². The van der Waals surface area contributed by atoms with E-state index in [1.165, 1.54) is 29.3 Å². The first-order valence-corrected chi connectivity index (χ1v) is 10.0. The van der Waals surface area contributed by atoms with E-state index in [0.717, 1.165) is 0 Å². The number of nitrogens with zero attached hydrogens (tertiary/aromatic N) is 3. The molecule has 1 aromatic rings. The number of rotatable bonds is 4. The van der Waals surface area contributed by atoms with Gasteiger partial charge >= 0.3 is 5.82 Å². The van der Waals surface area contributed by atoms with E-state index in [4.69, 9.17) is 0 Å². The summed E-state index contributed by atoms with van der Waals surface area (Å²) in [7, 11) is 0. The van der Waals surface area contributed by atoms with Crippen molar-refractivity contribution in [2.45, 2.75) is 113 Å². The molecule has 0 N–H and O–H groups in total. The summed E-state index contributed by atoms with van der Waals surface area (Å²) >= 11 is 0. The minimum atomic E-state index is 0.161. The summed E-state index contributed by atoms with van der Waals surface area (Å²) in [6.45, 7) is 28.2. The summed E-state index contributed by atoms with van der Waals surface area (Å²) in [5.74, 6) is 1.42. The molecular weight excluding hydrogens is 306 g/mol. The molecule has 1 aliphatic heterocycles. The first-order chi connectivity index (χ1) is 11.2. The Morgan fingerprint density at radius 2 is 1.40 bits per heavy atom. The fraction of sp³-hybridized carbons (Fsp3) is 0.818. The largest absolute Gasteiger partial charge is 0.351 e. The van der Waals surface area contributed by atoms with Crippen molar-refractivity contribution in [3.63, 3.8) is 0 Å². The van der Waals surface area contributed by atoms with Crippen LogP contribution in [-0.4, -0.2) is 26.4 Å². The van der Waals surface area contributed by atoms with Gasteiger partial charge < -0.3 is 0 Å². The van der Waals surface area contributed by atoms with Crippen molar-refractivity contribution < 1.29 is 9.14 Å². The van der Waals surface area contributed by atoms with Gasteiger partial charge in [-0.25, -0.2) is 13.7 Å². The third-order valence-corrected chi connectivity index (χ3v) is 5.87. The van der Waals surface area contributed by atoms with Crippen LogP contribution < -0.4 is 4.57 Å². The molecule has 0 saturated carbocycles. The number of hydrogen-bond acceptors (Lipinski definition) is 0. The van der Waals surface area contributed by atoms with Gasteiger partial charge in [-0.2, -0.15) is 0 Å². The number of hydrogen-bond donors (Lipinski definition) is 0.